The molecule has 21 heavy (non-hydrogen) atoms. The second kappa shape index (κ2) is 6.44. The van der Waals surface area contributed by atoms with Crippen LogP contribution in [-0.4, -0.2) is 19.1 Å². The lowest BCUT2D eigenvalue weighted by molar-refractivity contribution is 0.0500. The third-order valence-corrected chi connectivity index (χ3v) is 3.74. The van der Waals surface area contributed by atoms with Gasteiger partial charge in [0.05, 0.1) is 12.2 Å². The Morgan fingerprint density at radius 2 is 2.00 bits per heavy atom. The Bertz CT molecular complexity index is 622. The van der Waals surface area contributed by atoms with E-state index in [2.05, 4.69) is 17.4 Å². The maximum Gasteiger partial charge on any atom is 0.338 e. The van der Waals surface area contributed by atoms with Crippen LogP contribution in [0.4, 0.5) is 5.69 Å². The number of ether oxygens (including phenoxy) is 1. The molecule has 0 atom stereocenters. The van der Waals surface area contributed by atoms with Crippen LogP contribution in [0.15, 0.2) is 48.5 Å². The van der Waals surface area contributed by atoms with Crippen molar-refractivity contribution < 1.29 is 9.53 Å². The number of anilines is 1. The van der Waals surface area contributed by atoms with Crippen molar-refractivity contribution in [2.75, 3.05) is 18.5 Å². The van der Waals surface area contributed by atoms with Crippen molar-refractivity contribution in [2.24, 2.45) is 0 Å². The molecule has 0 saturated carbocycles. The summed E-state index contributed by atoms with van der Waals surface area (Å²) >= 11 is 0. The number of nitrogens with one attached hydrogen (secondary N) is 1. The Kier molecular flexibility index (Phi) is 4.20. The number of esters is 1. The molecular weight excluding hydrogens is 262 g/mol. The van der Waals surface area contributed by atoms with Gasteiger partial charge in [-0.3, -0.25) is 0 Å². The number of fused-ring (bicyclic) bond motifs is 1. The second-order valence-electron chi connectivity index (χ2n) is 5.27. The molecule has 2 aromatic carbocycles. The maximum atomic E-state index is 12.0. The monoisotopic (exact) mass is 281 g/mol. The zero-order valence-corrected chi connectivity index (χ0v) is 12.0. The Hall–Kier alpha value is -2.29. The Morgan fingerprint density at radius 1 is 1.14 bits per heavy atom. The predicted molar refractivity (Wildman–Crippen MR) is 83.7 cm³/mol. The number of hydrogen-bond donors (Lipinski definition) is 1. The molecule has 0 unspecified atom stereocenters. The van der Waals surface area contributed by atoms with E-state index < -0.39 is 0 Å². The number of carbonyl (C=O) groups excluding carboxylic acids is 1. The first kappa shape index (κ1) is 13.7. The summed E-state index contributed by atoms with van der Waals surface area (Å²) < 4.78 is 5.34. The lowest BCUT2D eigenvalue weighted by Crippen LogP contribution is -2.07. The highest BCUT2D eigenvalue weighted by molar-refractivity contribution is 5.91. The van der Waals surface area contributed by atoms with Crippen molar-refractivity contribution in [3.05, 3.63) is 65.2 Å². The fourth-order valence-corrected chi connectivity index (χ4v) is 2.59. The zero-order chi connectivity index (χ0) is 14.5. The first-order valence-electron chi connectivity index (χ1n) is 7.41. The molecule has 0 fully saturated rings. The van der Waals surface area contributed by atoms with Gasteiger partial charge in [-0.1, -0.05) is 36.4 Å². The van der Waals surface area contributed by atoms with E-state index in [4.69, 9.17) is 4.74 Å². The minimum absolute atomic E-state index is 0.237. The van der Waals surface area contributed by atoms with E-state index in [1.165, 1.54) is 11.1 Å². The summed E-state index contributed by atoms with van der Waals surface area (Å²) in [5, 5.41) is 3.28. The minimum atomic E-state index is -0.237. The standard InChI is InChI=1S/C18H19NO2/c20-18(16-9-8-15-10-11-19-17(15)13-16)21-12-4-7-14-5-2-1-3-6-14/h1-3,5-6,8-9,13,19H,4,7,10-12H2. The highest BCUT2D eigenvalue weighted by atomic mass is 16.5. The molecular formula is C18H19NO2. The molecule has 0 amide bonds. The summed E-state index contributed by atoms with van der Waals surface area (Å²) in [5.74, 6) is -0.237. The lowest BCUT2D eigenvalue weighted by atomic mass is 10.1. The van der Waals surface area contributed by atoms with Gasteiger partial charge in [-0.05, 0) is 42.5 Å². The smallest absolute Gasteiger partial charge is 0.338 e. The summed E-state index contributed by atoms with van der Waals surface area (Å²) in [6, 6.07) is 16.0. The van der Waals surface area contributed by atoms with Gasteiger partial charge in [0.1, 0.15) is 0 Å². The summed E-state index contributed by atoms with van der Waals surface area (Å²) in [4.78, 5) is 12.0. The van der Waals surface area contributed by atoms with E-state index in [0.29, 0.717) is 12.2 Å². The summed E-state index contributed by atoms with van der Waals surface area (Å²) in [6.07, 6.45) is 2.81. The van der Waals surface area contributed by atoms with Crippen molar-refractivity contribution >= 4 is 11.7 Å². The lowest BCUT2D eigenvalue weighted by Gasteiger charge is -2.07. The maximum absolute atomic E-state index is 12.0. The van der Waals surface area contributed by atoms with Crippen LogP contribution in [0.5, 0.6) is 0 Å². The van der Waals surface area contributed by atoms with Gasteiger partial charge < -0.3 is 10.1 Å². The van der Waals surface area contributed by atoms with Crippen LogP contribution >= 0.6 is 0 Å². The van der Waals surface area contributed by atoms with Crippen LogP contribution in [0.3, 0.4) is 0 Å². The van der Waals surface area contributed by atoms with Gasteiger partial charge in [-0.2, -0.15) is 0 Å². The fourth-order valence-electron chi connectivity index (χ4n) is 2.59. The molecule has 0 saturated heterocycles. The largest absolute Gasteiger partial charge is 0.462 e. The molecule has 0 spiro atoms. The number of carbonyl (C=O) groups is 1. The summed E-state index contributed by atoms with van der Waals surface area (Å²) in [6.45, 7) is 1.41. The summed E-state index contributed by atoms with van der Waals surface area (Å²) in [5.41, 5.74) is 4.24. The molecule has 0 aromatic heterocycles. The molecule has 3 rings (SSSR count). The molecule has 3 nitrogen and oxygen atoms in total. The van der Waals surface area contributed by atoms with Gasteiger partial charge in [0.25, 0.3) is 0 Å². The number of benzene rings is 2. The van der Waals surface area contributed by atoms with Crippen LogP contribution < -0.4 is 5.32 Å². The van der Waals surface area contributed by atoms with Crippen molar-refractivity contribution in [3.8, 4) is 0 Å². The van der Waals surface area contributed by atoms with E-state index in [-0.39, 0.29) is 5.97 Å². The molecule has 3 heteroatoms. The highest BCUT2D eigenvalue weighted by Crippen LogP contribution is 2.23. The highest BCUT2D eigenvalue weighted by Gasteiger charge is 2.14. The summed E-state index contributed by atoms with van der Waals surface area (Å²) in [7, 11) is 0. The molecule has 1 heterocycles. The normalized spacial score (nSPS) is 12.6. The van der Waals surface area contributed by atoms with Crippen LogP contribution in [0.2, 0.25) is 0 Å². The van der Waals surface area contributed by atoms with Gasteiger partial charge in [0.2, 0.25) is 0 Å². The number of aryl methyl sites for hydroxylation is 1. The average Bonchev–Trinajstić information content (AvgIpc) is 3.00. The van der Waals surface area contributed by atoms with Crippen molar-refractivity contribution in [1.82, 2.24) is 0 Å². The molecule has 0 aliphatic carbocycles. The van der Waals surface area contributed by atoms with E-state index in [9.17, 15) is 4.79 Å². The van der Waals surface area contributed by atoms with Crippen LogP contribution in [-0.2, 0) is 17.6 Å². The number of rotatable bonds is 5. The minimum Gasteiger partial charge on any atom is -0.462 e. The van der Waals surface area contributed by atoms with Gasteiger partial charge >= 0.3 is 5.97 Å². The van der Waals surface area contributed by atoms with Crippen LogP contribution in [0, 0.1) is 0 Å². The third-order valence-electron chi connectivity index (χ3n) is 3.74. The predicted octanol–water partition coefficient (Wildman–Crippen LogP) is 3.44. The van der Waals surface area contributed by atoms with Crippen molar-refractivity contribution in [3.63, 3.8) is 0 Å². The zero-order valence-electron chi connectivity index (χ0n) is 12.0. The van der Waals surface area contributed by atoms with Gasteiger partial charge in [0.15, 0.2) is 0 Å². The third kappa shape index (κ3) is 3.43. The van der Waals surface area contributed by atoms with E-state index in [0.717, 1.165) is 31.5 Å². The first-order chi connectivity index (χ1) is 10.3. The van der Waals surface area contributed by atoms with E-state index in [1.54, 1.807) is 0 Å². The first-order valence-corrected chi connectivity index (χ1v) is 7.41. The Morgan fingerprint density at radius 3 is 2.86 bits per heavy atom. The van der Waals surface area contributed by atoms with Gasteiger partial charge in [0, 0.05) is 12.2 Å². The second-order valence-corrected chi connectivity index (χ2v) is 5.27. The molecule has 2 aromatic rings. The molecule has 1 aliphatic heterocycles. The molecule has 108 valence electrons. The Labute approximate surface area is 124 Å². The molecule has 1 aliphatic rings. The van der Waals surface area contributed by atoms with Crippen LogP contribution in [0.1, 0.15) is 27.9 Å². The number of hydrogen-bond acceptors (Lipinski definition) is 3. The van der Waals surface area contributed by atoms with Crippen LogP contribution in [0.25, 0.3) is 0 Å². The Balaban J connectivity index is 1.48. The topological polar surface area (TPSA) is 38.3 Å². The molecule has 1 N–H and O–H groups in total. The van der Waals surface area contributed by atoms with Gasteiger partial charge in [-0.25, -0.2) is 4.79 Å². The fraction of sp³-hybridized carbons (Fsp3) is 0.278. The molecule has 0 radical (unpaired) electrons. The van der Waals surface area contributed by atoms with Gasteiger partial charge in [-0.15, -0.1) is 0 Å². The van der Waals surface area contributed by atoms with E-state index >= 15 is 0 Å². The van der Waals surface area contributed by atoms with E-state index in [1.807, 2.05) is 36.4 Å². The average molecular weight is 281 g/mol. The quantitative estimate of drug-likeness (QED) is 0.674. The molecule has 0 bridgehead atoms. The van der Waals surface area contributed by atoms with Crippen molar-refractivity contribution in [2.45, 2.75) is 19.3 Å². The van der Waals surface area contributed by atoms with Crippen molar-refractivity contribution in [1.29, 1.82) is 0 Å². The SMILES string of the molecule is O=C(OCCCc1ccccc1)c1ccc2c(c1)NCC2.